The summed E-state index contributed by atoms with van der Waals surface area (Å²) in [7, 11) is 0. The van der Waals surface area contributed by atoms with Gasteiger partial charge >= 0.3 is 0 Å². The first-order valence-corrected chi connectivity index (χ1v) is 5.71. The van der Waals surface area contributed by atoms with Gasteiger partial charge in [-0.3, -0.25) is 5.84 Å². The Kier molecular flexibility index (Phi) is 3.27. The third-order valence-electron chi connectivity index (χ3n) is 3.14. The molecule has 3 heteroatoms. The molecule has 2 unspecified atom stereocenters. The lowest BCUT2D eigenvalue weighted by atomic mass is 9.97. The first-order chi connectivity index (χ1) is 7.76. The maximum atomic E-state index is 5.80. The average Bonchev–Trinajstić information content (AvgIpc) is 2.72. The Balaban J connectivity index is 2.37. The van der Waals surface area contributed by atoms with Crippen molar-refractivity contribution in [2.75, 3.05) is 0 Å². The number of para-hydroxylation sites is 1. The fraction of sp³-hybridized carbons (Fsp3) is 0.385. The monoisotopic (exact) mass is 218 g/mol. The van der Waals surface area contributed by atoms with Crippen LogP contribution in [0.2, 0.25) is 0 Å². The number of nitrogens with one attached hydrogen (secondary N) is 1. The van der Waals surface area contributed by atoms with Crippen LogP contribution in [-0.2, 0) is 0 Å². The van der Waals surface area contributed by atoms with Crippen LogP contribution in [0.1, 0.15) is 32.1 Å². The van der Waals surface area contributed by atoms with E-state index in [2.05, 4.69) is 25.3 Å². The number of rotatable bonds is 4. The minimum atomic E-state index is 0.0809. The molecule has 0 radical (unpaired) electrons. The van der Waals surface area contributed by atoms with Crippen molar-refractivity contribution in [2.24, 2.45) is 11.8 Å². The number of hydrazine groups is 1. The second-order valence-electron chi connectivity index (χ2n) is 4.22. The summed E-state index contributed by atoms with van der Waals surface area (Å²) in [4.78, 5) is 0. The predicted octanol–water partition coefficient (Wildman–Crippen LogP) is 2.98. The summed E-state index contributed by atoms with van der Waals surface area (Å²) >= 11 is 0. The van der Waals surface area contributed by atoms with Crippen LogP contribution in [0.15, 0.2) is 34.7 Å². The second kappa shape index (κ2) is 4.68. The molecular formula is C13H18N2O. The van der Waals surface area contributed by atoms with E-state index in [4.69, 9.17) is 10.3 Å². The van der Waals surface area contributed by atoms with Crippen LogP contribution in [0.25, 0.3) is 11.0 Å². The highest BCUT2D eigenvalue weighted by Crippen LogP contribution is 2.28. The van der Waals surface area contributed by atoms with E-state index in [0.717, 1.165) is 23.2 Å². The van der Waals surface area contributed by atoms with Crippen molar-refractivity contribution in [1.29, 1.82) is 0 Å². The fourth-order valence-corrected chi connectivity index (χ4v) is 1.92. The van der Waals surface area contributed by atoms with Gasteiger partial charge in [0.25, 0.3) is 0 Å². The van der Waals surface area contributed by atoms with Crippen LogP contribution in [-0.4, -0.2) is 0 Å². The second-order valence-corrected chi connectivity index (χ2v) is 4.22. The van der Waals surface area contributed by atoms with Gasteiger partial charge in [0, 0.05) is 5.39 Å². The highest BCUT2D eigenvalue weighted by molar-refractivity contribution is 5.77. The van der Waals surface area contributed by atoms with Crippen LogP contribution >= 0.6 is 0 Å². The number of benzene rings is 1. The molecule has 0 aliphatic rings. The van der Waals surface area contributed by atoms with Crippen molar-refractivity contribution in [3.05, 3.63) is 36.1 Å². The molecule has 0 fully saturated rings. The van der Waals surface area contributed by atoms with Gasteiger partial charge in [-0.25, -0.2) is 5.43 Å². The zero-order chi connectivity index (χ0) is 11.5. The first kappa shape index (κ1) is 11.2. The summed E-state index contributed by atoms with van der Waals surface area (Å²) in [5.74, 6) is 6.96. The van der Waals surface area contributed by atoms with Crippen molar-refractivity contribution >= 4 is 11.0 Å². The highest BCUT2D eigenvalue weighted by Gasteiger charge is 2.20. The molecule has 3 nitrogen and oxygen atoms in total. The molecule has 1 heterocycles. The van der Waals surface area contributed by atoms with Gasteiger partial charge in [-0.15, -0.1) is 0 Å². The van der Waals surface area contributed by atoms with Gasteiger partial charge in [-0.1, -0.05) is 38.5 Å². The van der Waals surface area contributed by atoms with E-state index in [1.165, 1.54) is 0 Å². The van der Waals surface area contributed by atoms with E-state index in [1.54, 1.807) is 0 Å². The third kappa shape index (κ3) is 1.96. The maximum absolute atomic E-state index is 5.80. The summed E-state index contributed by atoms with van der Waals surface area (Å²) in [6, 6.07) is 10.2. The Labute approximate surface area is 95.6 Å². The van der Waals surface area contributed by atoms with Crippen LogP contribution in [0.3, 0.4) is 0 Å². The molecule has 2 rings (SSSR count). The van der Waals surface area contributed by atoms with Crippen molar-refractivity contribution < 1.29 is 4.42 Å². The van der Waals surface area contributed by atoms with E-state index in [-0.39, 0.29) is 6.04 Å². The summed E-state index contributed by atoms with van der Waals surface area (Å²) in [5.41, 5.74) is 3.75. The van der Waals surface area contributed by atoms with E-state index < -0.39 is 0 Å². The van der Waals surface area contributed by atoms with Crippen LogP contribution in [0.4, 0.5) is 0 Å². The van der Waals surface area contributed by atoms with Gasteiger partial charge in [-0.2, -0.15) is 0 Å². The normalized spacial score (nSPS) is 15.2. The zero-order valence-electron chi connectivity index (χ0n) is 9.73. The van der Waals surface area contributed by atoms with Gasteiger partial charge < -0.3 is 4.42 Å². The van der Waals surface area contributed by atoms with E-state index in [0.29, 0.717) is 5.92 Å². The maximum Gasteiger partial charge on any atom is 0.134 e. The van der Waals surface area contributed by atoms with Gasteiger partial charge in [0.15, 0.2) is 0 Å². The molecule has 0 amide bonds. The number of fused-ring (bicyclic) bond motifs is 1. The molecule has 2 atom stereocenters. The molecule has 0 bridgehead atoms. The molecule has 1 aromatic carbocycles. The minimum Gasteiger partial charge on any atom is -0.459 e. The Hall–Kier alpha value is -1.32. The Morgan fingerprint density at radius 2 is 2.12 bits per heavy atom. The molecule has 86 valence electrons. The number of hydrogen-bond donors (Lipinski definition) is 2. The van der Waals surface area contributed by atoms with Crippen LogP contribution in [0.5, 0.6) is 0 Å². The summed E-state index contributed by atoms with van der Waals surface area (Å²) in [5, 5.41) is 1.13. The quantitative estimate of drug-likeness (QED) is 0.612. The van der Waals surface area contributed by atoms with E-state index in [9.17, 15) is 0 Å². The molecule has 0 spiro atoms. The minimum absolute atomic E-state index is 0.0809. The Morgan fingerprint density at radius 3 is 2.75 bits per heavy atom. The first-order valence-electron chi connectivity index (χ1n) is 5.71. The van der Waals surface area contributed by atoms with E-state index in [1.807, 2.05) is 24.3 Å². The molecule has 1 aromatic heterocycles. The Morgan fingerprint density at radius 1 is 1.38 bits per heavy atom. The van der Waals surface area contributed by atoms with Crippen molar-refractivity contribution in [1.82, 2.24) is 5.43 Å². The summed E-state index contributed by atoms with van der Waals surface area (Å²) in [6.07, 6.45) is 1.06. The molecule has 2 aromatic rings. The summed E-state index contributed by atoms with van der Waals surface area (Å²) < 4.78 is 5.80. The molecule has 0 saturated carbocycles. The van der Waals surface area contributed by atoms with E-state index >= 15 is 0 Å². The topological polar surface area (TPSA) is 51.2 Å². The average molecular weight is 218 g/mol. The Bertz CT molecular complexity index is 431. The zero-order valence-corrected chi connectivity index (χ0v) is 9.73. The van der Waals surface area contributed by atoms with Crippen molar-refractivity contribution in [3.63, 3.8) is 0 Å². The molecule has 0 aliphatic carbocycles. The molecule has 0 saturated heterocycles. The standard InChI is InChI=1S/C13H18N2O/c1-3-9(2)13(15-14)12-8-10-6-4-5-7-11(10)16-12/h4-9,13,15H,3,14H2,1-2H3. The van der Waals surface area contributed by atoms with Crippen LogP contribution in [0, 0.1) is 5.92 Å². The third-order valence-corrected chi connectivity index (χ3v) is 3.14. The SMILES string of the molecule is CCC(C)C(NN)c1cc2ccccc2o1. The largest absolute Gasteiger partial charge is 0.459 e. The predicted molar refractivity (Wildman–Crippen MR) is 65.7 cm³/mol. The fourth-order valence-electron chi connectivity index (χ4n) is 1.92. The van der Waals surface area contributed by atoms with Crippen molar-refractivity contribution in [3.8, 4) is 0 Å². The number of hydrogen-bond acceptors (Lipinski definition) is 3. The lowest BCUT2D eigenvalue weighted by molar-refractivity contribution is 0.330. The lowest BCUT2D eigenvalue weighted by Crippen LogP contribution is -2.32. The van der Waals surface area contributed by atoms with Crippen LogP contribution < -0.4 is 11.3 Å². The number of furan rings is 1. The van der Waals surface area contributed by atoms with Gasteiger partial charge in [0.05, 0.1) is 6.04 Å². The summed E-state index contributed by atoms with van der Waals surface area (Å²) in [6.45, 7) is 4.31. The van der Waals surface area contributed by atoms with Crippen molar-refractivity contribution in [2.45, 2.75) is 26.3 Å². The van der Waals surface area contributed by atoms with Gasteiger partial charge in [0.2, 0.25) is 0 Å². The molecule has 0 aliphatic heterocycles. The smallest absolute Gasteiger partial charge is 0.134 e. The highest BCUT2D eigenvalue weighted by atomic mass is 16.3. The lowest BCUT2D eigenvalue weighted by Gasteiger charge is -2.19. The van der Waals surface area contributed by atoms with Gasteiger partial charge in [0.1, 0.15) is 11.3 Å². The molecule has 16 heavy (non-hydrogen) atoms. The van der Waals surface area contributed by atoms with Gasteiger partial charge in [-0.05, 0) is 18.1 Å². The molecular weight excluding hydrogens is 200 g/mol. The number of nitrogens with two attached hydrogens (primary N) is 1. The molecule has 3 N–H and O–H groups in total.